The number of amides is 1. The summed E-state index contributed by atoms with van der Waals surface area (Å²) in [5.74, 6) is 0.828. The highest BCUT2D eigenvalue weighted by molar-refractivity contribution is 5.81. The van der Waals surface area contributed by atoms with Crippen molar-refractivity contribution >= 4 is 5.91 Å². The van der Waals surface area contributed by atoms with Crippen molar-refractivity contribution in [2.75, 3.05) is 26.7 Å². The molecule has 0 radical (unpaired) electrons. The smallest absolute Gasteiger partial charge is 0.248 e. The summed E-state index contributed by atoms with van der Waals surface area (Å²) in [6.07, 6.45) is 5.71. The number of methoxy groups -OCH3 is 1. The standard InChI is InChI=1S/C18H23N5O2/c1-25-17-14(5-4-7-19-17)11-21-12-15-6-8-20-23(15)16(13-21)18(24)22-9-2-3-10-22/h4-8,16H,2-3,9-13H2,1H3/t16-/m1/s1. The average molecular weight is 341 g/mol. The monoisotopic (exact) mass is 341 g/mol. The number of carbonyl (C=O) groups is 1. The molecule has 0 N–H and O–H groups in total. The molecular weight excluding hydrogens is 318 g/mol. The largest absolute Gasteiger partial charge is 0.481 e. The predicted octanol–water partition coefficient (Wildman–Crippen LogP) is 1.47. The molecule has 4 heterocycles. The van der Waals surface area contributed by atoms with Gasteiger partial charge >= 0.3 is 0 Å². The van der Waals surface area contributed by atoms with Crippen LogP contribution in [0.4, 0.5) is 0 Å². The molecule has 0 aliphatic carbocycles. The molecule has 1 amide bonds. The van der Waals surface area contributed by atoms with Crippen LogP contribution in [-0.4, -0.2) is 57.2 Å². The van der Waals surface area contributed by atoms with Crippen LogP contribution in [0, 0.1) is 0 Å². The molecular formula is C18H23N5O2. The van der Waals surface area contributed by atoms with Gasteiger partial charge in [-0.15, -0.1) is 0 Å². The fraction of sp³-hybridized carbons (Fsp3) is 0.500. The topological polar surface area (TPSA) is 63.5 Å². The quantitative estimate of drug-likeness (QED) is 0.843. The van der Waals surface area contributed by atoms with Crippen molar-refractivity contribution < 1.29 is 9.53 Å². The molecule has 0 unspecified atom stereocenters. The van der Waals surface area contributed by atoms with Gasteiger partial charge in [0.25, 0.3) is 0 Å². The lowest BCUT2D eigenvalue weighted by atomic mass is 10.1. The number of ether oxygens (including phenoxy) is 1. The van der Waals surface area contributed by atoms with Gasteiger partial charge in [0.15, 0.2) is 0 Å². The molecule has 1 saturated heterocycles. The third kappa shape index (κ3) is 3.11. The maximum absolute atomic E-state index is 13.0. The Morgan fingerprint density at radius 3 is 2.92 bits per heavy atom. The maximum Gasteiger partial charge on any atom is 0.248 e. The minimum Gasteiger partial charge on any atom is -0.481 e. The zero-order valence-corrected chi connectivity index (χ0v) is 14.5. The summed E-state index contributed by atoms with van der Waals surface area (Å²) in [5.41, 5.74) is 2.11. The van der Waals surface area contributed by atoms with Crippen LogP contribution < -0.4 is 4.74 Å². The lowest BCUT2D eigenvalue weighted by Gasteiger charge is -2.35. The molecule has 0 saturated carbocycles. The van der Waals surface area contributed by atoms with Crippen molar-refractivity contribution in [3.05, 3.63) is 41.9 Å². The molecule has 1 fully saturated rings. The van der Waals surface area contributed by atoms with Crippen molar-refractivity contribution in [2.24, 2.45) is 0 Å². The molecule has 2 aromatic rings. The number of nitrogens with zero attached hydrogens (tertiary/aromatic N) is 5. The van der Waals surface area contributed by atoms with E-state index in [4.69, 9.17) is 4.74 Å². The molecule has 25 heavy (non-hydrogen) atoms. The molecule has 2 aromatic heterocycles. The number of fused-ring (bicyclic) bond motifs is 1. The van der Waals surface area contributed by atoms with Crippen LogP contribution in [0.1, 0.15) is 30.1 Å². The van der Waals surface area contributed by atoms with Gasteiger partial charge in [0.2, 0.25) is 11.8 Å². The van der Waals surface area contributed by atoms with E-state index in [1.165, 1.54) is 0 Å². The molecule has 0 spiro atoms. The van der Waals surface area contributed by atoms with E-state index >= 15 is 0 Å². The lowest BCUT2D eigenvalue weighted by molar-refractivity contribution is -0.135. The van der Waals surface area contributed by atoms with Gasteiger partial charge in [-0.25, -0.2) is 4.98 Å². The van der Waals surface area contributed by atoms with E-state index in [2.05, 4.69) is 15.0 Å². The third-order valence-electron chi connectivity index (χ3n) is 5.00. The van der Waals surface area contributed by atoms with Crippen molar-refractivity contribution in [3.8, 4) is 5.88 Å². The van der Waals surface area contributed by atoms with Crippen LogP contribution in [0.15, 0.2) is 30.6 Å². The van der Waals surface area contributed by atoms with Crippen molar-refractivity contribution in [3.63, 3.8) is 0 Å². The van der Waals surface area contributed by atoms with Crippen LogP contribution in [0.5, 0.6) is 5.88 Å². The zero-order valence-electron chi connectivity index (χ0n) is 14.5. The summed E-state index contributed by atoms with van der Waals surface area (Å²) < 4.78 is 7.27. The van der Waals surface area contributed by atoms with E-state index in [0.29, 0.717) is 19.0 Å². The average Bonchev–Trinajstić information content (AvgIpc) is 3.32. The molecule has 2 aliphatic rings. The third-order valence-corrected chi connectivity index (χ3v) is 5.00. The van der Waals surface area contributed by atoms with Crippen molar-refractivity contribution in [1.29, 1.82) is 0 Å². The van der Waals surface area contributed by atoms with E-state index in [1.807, 2.05) is 27.8 Å². The van der Waals surface area contributed by atoms with Crippen molar-refractivity contribution in [1.82, 2.24) is 24.6 Å². The molecule has 7 nitrogen and oxygen atoms in total. The molecule has 7 heteroatoms. The molecule has 1 atom stereocenters. The number of hydrogen-bond donors (Lipinski definition) is 0. The first-order valence-electron chi connectivity index (χ1n) is 8.77. The Morgan fingerprint density at radius 1 is 1.28 bits per heavy atom. The molecule has 2 aliphatic heterocycles. The van der Waals surface area contributed by atoms with Crippen LogP contribution >= 0.6 is 0 Å². The number of likely N-dealkylation sites (tertiary alicyclic amines) is 1. The number of carbonyl (C=O) groups excluding carboxylic acids is 1. The summed E-state index contributed by atoms with van der Waals surface area (Å²) in [6, 6.07) is 5.68. The Balaban J connectivity index is 1.56. The second kappa shape index (κ2) is 6.84. The highest BCUT2D eigenvalue weighted by Crippen LogP contribution is 2.26. The summed E-state index contributed by atoms with van der Waals surface area (Å²) in [7, 11) is 1.64. The molecule has 4 rings (SSSR count). The Morgan fingerprint density at radius 2 is 2.12 bits per heavy atom. The van der Waals surface area contributed by atoms with Gasteiger partial charge in [0.1, 0.15) is 6.04 Å². The number of aromatic nitrogens is 3. The van der Waals surface area contributed by atoms with Crippen molar-refractivity contribution in [2.45, 2.75) is 32.0 Å². The first-order valence-corrected chi connectivity index (χ1v) is 8.77. The summed E-state index contributed by atoms with van der Waals surface area (Å²) in [6.45, 7) is 3.85. The number of hydrogen-bond acceptors (Lipinski definition) is 5. The highest BCUT2D eigenvalue weighted by atomic mass is 16.5. The Kier molecular flexibility index (Phi) is 4.40. The first kappa shape index (κ1) is 16.1. The Bertz CT molecular complexity index is 753. The summed E-state index contributed by atoms with van der Waals surface area (Å²) >= 11 is 0. The van der Waals surface area contributed by atoms with E-state index in [9.17, 15) is 4.79 Å². The van der Waals surface area contributed by atoms with Gasteiger partial charge in [-0.2, -0.15) is 5.10 Å². The first-order chi connectivity index (χ1) is 12.3. The van der Waals surface area contributed by atoms with Gasteiger partial charge in [0, 0.05) is 50.7 Å². The minimum atomic E-state index is -0.250. The Labute approximate surface area is 147 Å². The predicted molar refractivity (Wildman–Crippen MR) is 92.0 cm³/mol. The molecule has 0 aromatic carbocycles. The fourth-order valence-corrected chi connectivity index (χ4v) is 3.78. The van der Waals surface area contributed by atoms with Gasteiger partial charge in [-0.3, -0.25) is 14.4 Å². The molecule has 0 bridgehead atoms. The van der Waals surface area contributed by atoms with Gasteiger partial charge in [0.05, 0.1) is 12.8 Å². The van der Waals surface area contributed by atoms with Gasteiger partial charge < -0.3 is 9.64 Å². The number of rotatable bonds is 4. The maximum atomic E-state index is 13.0. The zero-order chi connectivity index (χ0) is 17.2. The van der Waals surface area contributed by atoms with E-state index in [1.54, 1.807) is 19.5 Å². The van der Waals surface area contributed by atoms with Gasteiger partial charge in [-0.1, -0.05) is 6.07 Å². The number of pyridine rings is 1. The normalized spacial score (nSPS) is 20.5. The second-order valence-corrected chi connectivity index (χ2v) is 6.66. The Hall–Kier alpha value is -2.41. The van der Waals surface area contributed by atoms with Crippen LogP contribution in [0.2, 0.25) is 0 Å². The van der Waals surface area contributed by atoms with E-state index in [0.717, 1.165) is 43.7 Å². The van der Waals surface area contributed by atoms with Crippen LogP contribution in [0.3, 0.4) is 0 Å². The fourth-order valence-electron chi connectivity index (χ4n) is 3.78. The lowest BCUT2D eigenvalue weighted by Crippen LogP contribution is -2.45. The minimum absolute atomic E-state index is 0.185. The van der Waals surface area contributed by atoms with Gasteiger partial charge in [-0.05, 0) is 25.0 Å². The van der Waals surface area contributed by atoms with E-state index in [-0.39, 0.29) is 11.9 Å². The molecule has 132 valence electrons. The van der Waals surface area contributed by atoms with Crippen LogP contribution in [0.25, 0.3) is 0 Å². The summed E-state index contributed by atoms with van der Waals surface area (Å²) in [4.78, 5) is 21.5. The highest BCUT2D eigenvalue weighted by Gasteiger charge is 2.34. The summed E-state index contributed by atoms with van der Waals surface area (Å²) in [5, 5.41) is 4.41. The van der Waals surface area contributed by atoms with Crippen LogP contribution in [-0.2, 0) is 17.9 Å². The van der Waals surface area contributed by atoms with E-state index < -0.39 is 0 Å². The SMILES string of the molecule is COc1ncccc1CN1Cc2ccnn2[C@@H](C(=O)N2CCCC2)C1. The second-order valence-electron chi connectivity index (χ2n) is 6.66.